The SMILES string of the molecule is CCCCC(C)(C)[C@@H](O)CC[C@@H]1[C@H]2CC(CCCCCN(C)C)=C[C@H]2C[C@H]1O. The number of hydrogen-bond acceptors (Lipinski definition) is 3. The molecule has 28 heavy (non-hydrogen) atoms. The van der Waals surface area contributed by atoms with Crippen LogP contribution in [0.3, 0.4) is 0 Å². The normalized spacial score (nSPS) is 28.6. The zero-order valence-corrected chi connectivity index (χ0v) is 19.3. The summed E-state index contributed by atoms with van der Waals surface area (Å²) in [6.45, 7) is 7.80. The van der Waals surface area contributed by atoms with E-state index in [1.165, 1.54) is 51.5 Å². The molecule has 3 nitrogen and oxygen atoms in total. The van der Waals surface area contributed by atoms with Gasteiger partial charge in [0.1, 0.15) is 0 Å². The van der Waals surface area contributed by atoms with Gasteiger partial charge >= 0.3 is 0 Å². The van der Waals surface area contributed by atoms with Gasteiger partial charge in [-0.2, -0.15) is 0 Å². The highest BCUT2D eigenvalue weighted by Gasteiger charge is 2.44. The maximum absolute atomic E-state index is 10.8. The maximum atomic E-state index is 10.8. The predicted molar refractivity (Wildman–Crippen MR) is 119 cm³/mol. The summed E-state index contributed by atoms with van der Waals surface area (Å²) in [5.74, 6) is 1.59. The first-order valence-corrected chi connectivity index (χ1v) is 11.9. The highest BCUT2D eigenvalue weighted by molar-refractivity contribution is 5.18. The number of nitrogens with zero attached hydrogens (tertiary/aromatic N) is 1. The van der Waals surface area contributed by atoms with Crippen molar-refractivity contribution in [1.82, 2.24) is 4.90 Å². The molecule has 0 spiro atoms. The van der Waals surface area contributed by atoms with Gasteiger partial charge in [-0.25, -0.2) is 0 Å². The number of allylic oxidation sites excluding steroid dienone is 2. The van der Waals surface area contributed by atoms with Crippen LogP contribution in [0, 0.1) is 23.2 Å². The lowest BCUT2D eigenvalue weighted by atomic mass is 9.77. The molecule has 0 aromatic heterocycles. The topological polar surface area (TPSA) is 43.7 Å². The van der Waals surface area contributed by atoms with Crippen LogP contribution in [0.25, 0.3) is 0 Å². The molecule has 0 saturated heterocycles. The molecule has 2 rings (SSSR count). The van der Waals surface area contributed by atoms with E-state index in [2.05, 4.69) is 45.8 Å². The Bertz CT molecular complexity index is 485. The Hall–Kier alpha value is -0.380. The summed E-state index contributed by atoms with van der Waals surface area (Å²) >= 11 is 0. The van der Waals surface area contributed by atoms with E-state index in [1.54, 1.807) is 5.57 Å². The minimum Gasteiger partial charge on any atom is -0.393 e. The number of aliphatic hydroxyl groups excluding tert-OH is 2. The molecule has 0 amide bonds. The molecule has 0 aliphatic heterocycles. The maximum Gasteiger partial charge on any atom is 0.0591 e. The highest BCUT2D eigenvalue weighted by atomic mass is 16.3. The molecule has 164 valence electrons. The number of aliphatic hydroxyl groups is 2. The highest BCUT2D eigenvalue weighted by Crippen LogP contribution is 2.49. The first-order chi connectivity index (χ1) is 13.2. The summed E-state index contributed by atoms with van der Waals surface area (Å²) in [7, 11) is 4.29. The largest absolute Gasteiger partial charge is 0.393 e. The van der Waals surface area contributed by atoms with E-state index in [-0.39, 0.29) is 17.6 Å². The standard InChI is InChI=1S/C25H47NO2/c1-6-7-14-25(2,3)24(28)13-12-21-22-17-19(16-20(22)18-23(21)27)11-9-8-10-15-26(4)5/h16,20-24,27-28H,6-15,17-18H2,1-5H3/t20-,21+,22-,23+,24-/m0/s1. The first-order valence-electron chi connectivity index (χ1n) is 11.9. The van der Waals surface area contributed by atoms with Gasteiger partial charge < -0.3 is 15.1 Å². The zero-order chi connectivity index (χ0) is 20.7. The van der Waals surface area contributed by atoms with Crippen LogP contribution >= 0.6 is 0 Å². The molecule has 0 aromatic rings. The van der Waals surface area contributed by atoms with Crippen molar-refractivity contribution >= 4 is 0 Å². The molecule has 5 atom stereocenters. The summed E-state index contributed by atoms with van der Waals surface area (Å²) in [6.07, 6.45) is 14.6. The number of fused-ring (bicyclic) bond motifs is 1. The molecule has 2 N–H and O–H groups in total. The summed E-state index contributed by atoms with van der Waals surface area (Å²) in [5.41, 5.74) is 1.63. The lowest BCUT2D eigenvalue weighted by molar-refractivity contribution is 0.0209. The van der Waals surface area contributed by atoms with Gasteiger partial charge in [0, 0.05) is 0 Å². The van der Waals surface area contributed by atoms with Crippen LogP contribution in [-0.4, -0.2) is 48.0 Å². The number of rotatable bonds is 13. The van der Waals surface area contributed by atoms with Gasteiger partial charge in [-0.3, -0.25) is 0 Å². The van der Waals surface area contributed by atoms with E-state index in [0.29, 0.717) is 17.8 Å². The Kier molecular flexibility index (Phi) is 9.50. The molecular formula is C25H47NO2. The molecule has 2 aliphatic carbocycles. The van der Waals surface area contributed by atoms with Crippen LogP contribution in [0.1, 0.15) is 91.4 Å². The van der Waals surface area contributed by atoms with Crippen LogP contribution in [0.2, 0.25) is 0 Å². The molecule has 0 unspecified atom stereocenters. The average molecular weight is 394 g/mol. The lowest BCUT2D eigenvalue weighted by Gasteiger charge is -2.32. The van der Waals surface area contributed by atoms with Crippen LogP contribution in [0.15, 0.2) is 11.6 Å². The molecule has 1 saturated carbocycles. The van der Waals surface area contributed by atoms with E-state index >= 15 is 0 Å². The van der Waals surface area contributed by atoms with E-state index in [1.807, 2.05) is 0 Å². The molecule has 2 aliphatic rings. The van der Waals surface area contributed by atoms with Crippen LogP contribution < -0.4 is 0 Å². The van der Waals surface area contributed by atoms with Crippen molar-refractivity contribution in [3.05, 3.63) is 11.6 Å². The van der Waals surface area contributed by atoms with E-state index < -0.39 is 0 Å². The fraction of sp³-hybridized carbons (Fsp3) is 0.920. The van der Waals surface area contributed by atoms with Gasteiger partial charge in [-0.1, -0.05) is 51.7 Å². The number of unbranched alkanes of at least 4 members (excludes halogenated alkanes) is 3. The van der Waals surface area contributed by atoms with Crippen molar-refractivity contribution < 1.29 is 10.2 Å². The molecule has 1 fully saturated rings. The second kappa shape index (κ2) is 11.1. The Balaban J connectivity index is 1.76. The summed E-state index contributed by atoms with van der Waals surface area (Å²) in [4.78, 5) is 2.27. The van der Waals surface area contributed by atoms with Gasteiger partial charge in [0.05, 0.1) is 12.2 Å². The average Bonchev–Trinajstić information content (AvgIpc) is 3.13. The minimum atomic E-state index is -0.254. The fourth-order valence-corrected chi connectivity index (χ4v) is 5.49. The van der Waals surface area contributed by atoms with Gasteiger partial charge in [-0.05, 0) is 95.2 Å². The molecular weight excluding hydrogens is 346 g/mol. The van der Waals surface area contributed by atoms with Gasteiger partial charge in [0.15, 0.2) is 0 Å². The third-order valence-electron chi connectivity index (χ3n) is 7.51. The Morgan fingerprint density at radius 1 is 1.18 bits per heavy atom. The number of hydrogen-bond donors (Lipinski definition) is 2. The summed E-state index contributed by atoms with van der Waals surface area (Å²) in [6, 6.07) is 0. The van der Waals surface area contributed by atoms with Crippen molar-refractivity contribution in [2.24, 2.45) is 23.2 Å². The van der Waals surface area contributed by atoms with E-state index in [4.69, 9.17) is 0 Å². The predicted octanol–water partition coefficient (Wildman–Crippen LogP) is 5.41. The van der Waals surface area contributed by atoms with Crippen LogP contribution in [-0.2, 0) is 0 Å². The second-order valence-corrected chi connectivity index (χ2v) is 10.6. The zero-order valence-electron chi connectivity index (χ0n) is 19.3. The van der Waals surface area contributed by atoms with Gasteiger partial charge in [0.25, 0.3) is 0 Å². The third kappa shape index (κ3) is 6.85. The Morgan fingerprint density at radius 3 is 2.61 bits per heavy atom. The van der Waals surface area contributed by atoms with Crippen LogP contribution in [0.4, 0.5) is 0 Å². The molecule has 3 heteroatoms. The Labute approximate surface area is 174 Å². The molecule has 0 aromatic carbocycles. The Morgan fingerprint density at radius 2 is 1.93 bits per heavy atom. The van der Waals surface area contributed by atoms with E-state index in [0.717, 1.165) is 25.7 Å². The van der Waals surface area contributed by atoms with E-state index in [9.17, 15) is 10.2 Å². The summed E-state index contributed by atoms with van der Waals surface area (Å²) < 4.78 is 0. The van der Waals surface area contributed by atoms with Crippen molar-refractivity contribution in [3.63, 3.8) is 0 Å². The molecule has 0 bridgehead atoms. The smallest absolute Gasteiger partial charge is 0.0591 e. The van der Waals surface area contributed by atoms with Crippen LogP contribution in [0.5, 0.6) is 0 Å². The lowest BCUT2D eigenvalue weighted by Crippen LogP contribution is -2.31. The van der Waals surface area contributed by atoms with Crippen molar-refractivity contribution in [1.29, 1.82) is 0 Å². The molecule has 0 heterocycles. The minimum absolute atomic E-state index is 0.00931. The quantitative estimate of drug-likeness (QED) is 0.325. The monoisotopic (exact) mass is 393 g/mol. The third-order valence-corrected chi connectivity index (χ3v) is 7.51. The second-order valence-electron chi connectivity index (χ2n) is 10.6. The van der Waals surface area contributed by atoms with Gasteiger partial charge in [0.2, 0.25) is 0 Å². The summed E-state index contributed by atoms with van der Waals surface area (Å²) in [5, 5.41) is 21.4. The van der Waals surface area contributed by atoms with Gasteiger partial charge in [-0.15, -0.1) is 0 Å². The fourth-order valence-electron chi connectivity index (χ4n) is 5.49. The first kappa shape index (κ1) is 23.9. The van der Waals surface area contributed by atoms with Crippen molar-refractivity contribution in [3.8, 4) is 0 Å². The molecule has 0 radical (unpaired) electrons. The van der Waals surface area contributed by atoms with Crippen molar-refractivity contribution in [2.75, 3.05) is 20.6 Å². The van der Waals surface area contributed by atoms with Crippen molar-refractivity contribution in [2.45, 2.75) is 104 Å².